The molecule has 0 aromatic rings. The molecule has 3 saturated heterocycles. The van der Waals surface area contributed by atoms with E-state index in [4.69, 9.17) is 9.47 Å². The molecule has 1 spiro atoms. The van der Waals surface area contributed by atoms with Gasteiger partial charge in [-0.05, 0) is 26.2 Å². The SMILES string of the molecule is CCOC(=O)N1CCC(N2CCC3(CC2)CNCCO3)C1.Cl.Cl. The molecule has 3 fully saturated rings. The molecule has 23 heavy (non-hydrogen) atoms. The lowest BCUT2D eigenvalue weighted by Crippen LogP contribution is -2.57. The Balaban J connectivity index is 0.00000132. The van der Waals surface area contributed by atoms with Crippen LogP contribution in [0.4, 0.5) is 4.79 Å². The molecule has 1 unspecified atom stereocenters. The van der Waals surface area contributed by atoms with Gasteiger partial charge in [-0.2, -0.15) is 0 Å². The zero-order chi connectivity index (χ0) is 14.7. The lowest BCUT2D eigenvalue weighted by atomic mass is 9.89. The summed E-state index contributed by atoms with van der Waals surface area (Å²) in [5, 5.41) is 3.45. The van der Waals surface area contributed by atoms with Gasteiger partial charge in [-0.25, -0.2) is 4.79 Å². The predicted molar refractivity (Wildman–Crippen MR) is 93.9 cm³/mol. The third-order valence-corrected chi connectivity index (χ3v) is 5.05. The molecule has 1 N–H and O–H groups in total. The van der Waals surface area contributed by atoms with E-state index in [2.05, 4.69) is 10.2 Å². The Kier molecular flexibility index (Phi) is 8.38. The maximum absolute atomic E-state index is 11.8. The molecule has 3 heterocycles. The largest absolute Gasteiger partial charge is 0.450 e. The van der Waals surface area contributed by atoms with Crippen molar-refractivity contribution < 1.29 is 14.3 Å². The van der Waals surface area contributed by atoms with Crippen molar-refractivity contribution in [3.05, 3.63) is 0 Å². The van der Waals surface area contributed by atoms with Crippen LogP contribution in [0.1, 0.15) is 26.2 Å². The van der Waals surface area contributed by atoms with Crippen LogP contribution in [0.25, 0.3) is 0 Å². The van der Waals surface area contributed by atoms with Gasteiger partial charge in [0.25, 0.3) is 0 Å². The molecule has 1 atom stereocenters. The molecule has 8 heteroatoms. The zero-order valence-electron chi connectivity index (χ0n) is 13.8. The highest BCUT2D eigenvalue weighted by molar-refractivity contribution is 5.85. The molecule has 0 aromatic carbocycles. The summed E-state index contributed by atoms with van der Waals surface area (Å²) in [6.07, 6.45) is 3.09. The highest BCUT2D eigenvalue weighted by Crippen LogP contribution is 2.30. The van der Waals surface area contributed by atoms with Crippen molar-refractivity contribution in [2.75, 3.05) is 52.5 Å². The van der Waals surface area contributed by atoms with Crippen LogP contribution in [-0.2, 0) is 9.47 Å². The first kappa shape index (κ1) is 20.8. The fourth-order valence-electron chi connectivity index (χ4n) is 3.75. The summed E-state index contributed by atoms with van der Waals surface area (Å²) in [5.41, 5.74) is 0.0637. The maximum atomic E-state index is 11.8. The molecule has 6 nitrogen and oxygen atoms in total. The molecule has 3 aliphatic heterocycles. The third-order valence-electron chi connectivity index (χ3n) is 5.05. The van der Waals surface area contributed by atoms with Crippen LogP contribution in [0.3, 0.4) is 0 Å². The Morgan fingerprint density at radius 1 is 1.30 bits per heavy atom. The monoisotopic (exact) mass is 369 g/mol. The maximum Gasteiger partial charge on any atom is 0.409 e. The molecule has 0 radical (unpaired) electrons. The summed E-state index contributed by atoms with van der Waals surface area (Å²) in [4.78, 5) is 16.1. The summed E-state index contributed by atoms with van der Waals surface area (Å²) in [7, 11) is 0. The van der Waals surface area contributed by atoms with Gasteiger partial charge in [0.2, 0.25) is 0 Å². The van der Waals surface area contributed by atoms with Crippen molar-refractivity contribution >= 4 is 30.9 Å². The molecule has 1 amide bonds. The first-order valence-corrected chi connectivity index (χ1v) is 8.23. The Morgan fingerprint density at radius 2 is 2.04 bits per heavy atom. The van der Waals surface area contributed by atoms with Gasteiger partial charge in [0.15, 0.2) is 0 Å². The first-order valence-electron chi connectivity index (χ1n) is 8.23. The Bertz CT molecular complexity index is 371. The van der Waals surface area contributed by atoms with Gasteiger partial charge in [0.05, 0.1) is 18.8 Å². The Hall–Kier alpha value is -0.270. The van der Waals surface area contributed by atoms with Crippen molar-refractivity contribution in [3.63, 3.8) is 0 Å². The van der Waals surface area contributed by atoms with Crippen LogP contribution in [-0.4, -0.2) is 80.0 Å². The number of piperidine rings is 1. The van der Waals surface area contributed by atoms with Crippen LogP contribution in [0, 0.1) is 0 Å². The second-order valence-electron chi connectivity index (χ2n) is 6.33. The third kappa shape index (κ3) is 4.86. The molecule has 3 rings (SSSR count). The van der Waals surface area contributed by atoms with Gasteiger partial charge in [-0.15, -0.1) is 24.8 Å². The summed E-state index contributed by atoms with van der Waals surface area (Å²) < 4.78 is 11.1. The molecule has 3 aliphatic rings. The lowest BCUT2D eigenvalue weighted by molar-refractivity contribution is -0.103. The number of hydrogen-bond acceptors (Lipinski definition) is 5. The lowest BCUT2D eigenvalue weighted by Gasteiger charge is -2.45. The number of hydrogen-bond donors (Lipinski definition) is 1. The predicted octanol–water partition coefficient (Wildman–Crippen LogP) is 1.52. The molecule has 0 bridgehead atoms. The van der Waals surface area contributed by atoms with E-state index in [1.807, 2.05) is 11.8 Å². The van der Waals surface area contributed by atoms with Crippen molar-refractivity contribution in [1.82, 2.24) is 15.1 Å². The van der Waals surface area contributed by atoms with Crippen molar-refractivity contribution in [1.29, 1.82) is 0 Å². The van der Waals surface area contributed by atoms with E-state index in [0.717, 1.165) is 65.1 Å². The number of ether oxygens (including phenoxy) is 2. The number of rotatable bonds is 2. The molecular weight excluding hydrogens is 341 g/mol. The van der Waals surface area contributed by atoms with E-state index in [0.29, 0.717) is 12.6 Å². The van der Waals surface area contributed by atoms with Crippen molar-refractivity contribution in [2.24, 2.45) is 0 Å². The van der Waals surface area contributed by atoms with Crippen LogP contribution < -0.4 is 5.32 Å². The summed E-state index contributed by atoms with van der Waals surface area (Å²) in [6.45, 7) is 8.88. The van der Waals surface area contributed by atoms with E-state index in [9.17, 15) is 4.79 Å². The van der Waals surface area contributed by atoms with Crippen molar-refractivity contribution in [3.8, 4) is 0 Å². The number of halogens is 2. The number of morpholine rings is 1. The van der Waals surface area contributed by atoms with E-state index in [1.54, 1.807) is 0 Å². The Morgan fingerprint density at radius 3 is 2.65 bits per heavy atom. The topological polar surface area (TPSA) is 54.0 Å². The van der Waals surface area contributed by atoms with Gasteiger partial charge in [-0.3, -0.25) is 4.90 Å². The molecule has 136 valence electrons. The van der Waals surface area contributed by atoms with E-state index < -0.39 is 0 Å². The summed E-state index contributed by atoms with van der Waals surface area (Å²) in [6, 6.07) is 0.489. The fraction of sp³-hybridized carbons (Fsp3) is 0.933. The zero-order valence-corrected chi connectivity index (χ0v) is 15.4. The quantitative estimate of drug-likeness (QED) is 0.799. The molecular formula is C15H29Cl2N3O3. The molecule has 0 aromatic heterocycles. The van der Waals surface area contributed by atoms with Crippen LogP contribution in [0.5, 0.6) is 0 Å². The minimum Gasteiger partial charge on any atom is -0.450 e. The minimum atomic E-state index is -0.159. The van der Waals surface area contributed by atoms with E-state index >= 15 is 0 Å². The number of likely N-dealkylation sites (tertiary alicyclic amines) is 2. The highest BCUT2D eigenvalue weighted by Gasteiger charge is 2.40. The molecule has 0 saturated carbocycles. The first-order chi connectivity index (χ1) is 10.2. The van der Waals surface area contributed by atoms with Gasteiger partial charge < -0.3 is 19.7 Å². The smallest absolute Gasteiger partial charge is 0.409 e. The fourth-order valence-corrected chi connectivity index (χ4v) is 3.75. The Labute approximate surface area is 151 Å². The standard InChI is InChI=1S/C15H27N3O3.2ClH/c1-2-20-14(19)18-7-3-13(11-18)17-8-4-15(5-9-17)12-16-6-10-21-15;;/h13,16H,2-12H2,1H3;2*1H. The van der Waals surface area contributed by atoms with Crippen molar-refractivity contribution in [2.45, 2.75) is 37.8 Å². The number of nitrogens with one attached hydrogen (secondary N) is 1. The van der Waals surface area contributed by atoms with Crippen LogP contribution in [0.2, 0.25) is 0 Å². The number of amides is 1. The average Bonchev–Trinajstić information content (AvgIpc) is 2.99. The minimum absolute atomic E-state index is 0. The van der Waals surface area contributed by atoms with Gasteiger partial charge in [0, 0.05) is 45.3 Å². The van der Waals surface area contributed by atoms with E-state index in [-0.39, 0.29) is 36.5 Å². The second-order valence-corrected chi connectivity index (χ2v) is 6.33. The number of nitrogens with zero attached hydrogens (tertiary/aromatic N) is 2. The average molecular weight is 370 g/mol. The summed E-state index contributed by atoms with van der Waals surface area (Å²) in [5.74, 6) is 0. The molecule has 0 aliphatic carbocycles. The number of carbonyl (C=O) groups is 1. The van der Waals surface area contributed by atoms with Gasteiger partial charge in [0.1, 0.15) is 0 Å². The van der Waals surface area contributed by atoms with Gasteiger partial charge in [-0.1, -0.05) is 0 Å². The number of carbonyl (C=O) groups excluding carboxylic acids is 1. The highest BCUT2D eigenvalue weighted by atomic mass is 35.5. The normalized spacial score (nSPS) is 27.2. The van der Waals surface area contributed by atoms with E-state index in [1.165, 1.54) is 0 Å². The second kappa shape index (κ2) is 9.28. The summed E-state index contributed by atoms with van der Waals surface area (Å²) >= 11 is 0. The van der Waals surface area contributed by atoms with Crippen LogP contribution >= 0.6 is 24.8 Å². The van der Waals surface area contributed by atoms with Gasteiger partial charge >= 0.3 is 6.09 Å². The van der Waals surface area contributed by atoms with Crippen LogP contribution in [0.15, 0.2) is 0 Å².